The second-order valence-electron chi connectivity index (χ2n) is 4.33. The predicted molar refractivity (Wildman–Crippen MR) is 77.7 cm³/mol. The van der Waals surface area contributed by atoms with Crippen molar-refractivity contribution in [2.45, 2.75) is 18.2 Å². The Labute approximate surface area is 115 Å². The van der Waals surface area contributed by atoms with Crippen molar-refractivity contribution < 1.29 is 9.79 Å². The lowest BCUT2D eigenvalue weighted by molar-refractivity contribution is 0.604. The lowest BCUT2D eigenvalue weighted by atomic mass is 10.2. The fourth-order valence-electron chi connectivity index (χ4n) is 1.67. The minimum absolute atomic E-state index is 0.164. The van der Waals surface area contributed by atoms with Crippen LogP contribution in [0.5, 0.6) is 0 Å². The van der Waals surface area contributed by atoms with Crippen LogP contribution < -0.4 is 0 Å². The number of aryl methyl sites for hydroxylation is 1. The molecule has 0 saturated carbocycles. The lowest BCUT2D eigenvalue weighted by Gasteiger charge is -2.00. The number of hydrogen-bond acceptors (Lipinski definition) is 2. The van der Waals surface area contributed by atoms with Gasteiger partial charge in [0.2, 0.25) is 0 Å². The molecule has 0 radical (unpaired) electrons. The van der Waals surface area contributed by atoms with Crippen LogP contribution in [-0.4, -0.2) is 8.42 Å². The van der Waals surface area contributed by atoms with Gasteiger partial charge in [-0.3, -0.25) is 0 Å². The van der Waals surface area contributed by atoms with E-state index in [-0.39, 0.29) is 10.3 Å². The quantitative estimate of drug-likeness (QED) is 0.854. The second-order valence-corrected chi connectivity index (χ2v) is 6.04. The molecule has 0 heterocycles. The zero-order valence-electron chi connectivity index (χ0n) is 11.7. The molecule has 3 heteroatoms. The summed E-state index contributed by atoms with van der Waals surface area (Å²) in [5.74, 6) is 0. The van der Waals surface area contributed by atoms with Crippen LogP contribution in [0.25, 0.3) is 0 Å². The van der Waals surface area contributed by atoms with E-state index in [0.717, 1.165) is 11.1 Å². The van der Waals surface area contributed by atoms with Crippen molar-refractivity contribution >= 4 is 9.84 Å². The number of rotatable bonds is 4. The Balaban J connectivity index is 2.23. The topological polar surface area (TPSA) is 34.1 Å². The predicted octanol–water partition coefficient (Wildman–Crippen LogP) is 3.53. The van der Waals surface area contributed by atoms with Gasteiger partial charge in [0.05, 0.1) is 6.27 Å². The first-order chi connectivity index (χ1) is 9.50. The van der Waals surface area contributed by atoms with Gasteiger partial charge in [0.15, 0.2) is 9.84 Å². The van der Waals surface area contributed by atoms with Crippen LogP contribution in [0, 0.1) is 6.92 Å². The fourth-order valence-corrected chi connectivity index (χ4v) is 2.60. The van der Waals surface area contributed by atoms with Crippen LogP contribution in [0.4, 0.5) is 0 Å². The number of benzene rings is 2. The molecule has 0 amide bonds. The van der Waals surface area contributed by atoms with E-state index in [0.29, 0.717) is 6.42 Å². The van der Waals surface area contributed by atoms with Crippen LogP contribution in [0.1, 0.15) is 12.5 Å². The lowest BCUT2D eigenvalue weighted by Crippen LogP contribution is -1.96. The normalized spacial score (nSPS) is 13.1. The summed E-state index contributed by atoms with van der Waals surface area (Å²) >= 11 is 0. The number of allylic oxidation sites excluding steroid dienone is 1. The van der Waals surface area contributed by atoms with Gasteiger partial charge in [0, 0.05) is 5.38 Å². The zero-order valence-corrected chi connectivity index (χ0v) is 11.5. The van der Waals surface area contributed by atoms with Crippen LogP contribution in [0.2, 0.25) is 0 Å². The Hall–Kier alpha value is -1.87. The molecule has 2 aromatic carbocycles. The molecule has 0 bridgehead atoms. The molecule has 0 aliphatic rings. The summed E-state index contributed by atoms with van der Waals surface area (Å²) in [7, 11) is -3.70. The Morgan fingerprint density at radius 2 is 1.68 bits per heavy atom. The van der Waals surface area contributed by atoms with Gasteiger partial charge in [-0.1, -0.05) is 54.1 Å². The maximum atomic E-state index is 12.2. The zero-order chi connectivity index (χ0) is 14.6. The molecule has 2 aromatic rings. The highest BCUT2D eigenvalue weighted by molar-refractivity contribution is 7.94. The molecule has 0 saturated heterocycles. The third-order valence-electron chi connectivity index (χ3n) is 2.75. The van der Waals surface area contributed by atoms with Crippen molar-refractivity contribution in [2.75, 3.05) is 0 Å². The largest absolute Gasteiger partial charge is 0.219 e. The number of sulfone groups is 1. The minimum Gasteiger partial charge on any atom is -0.219 e. The summed E-state index contributed by atoms with van der Waals surface area (Å²) in [4.78, 5) is 0.164. The van der Waals surface area contributed by atoms with E-state index in [9.17, 15) is 8.42 Å². The molecule has 0 fully saturated rings. The molecule has 0 unspecified atom stereocenters. The maximum absolute atomic E-state index is 12.2. The van der Waals surface area contributed by atoms with Gasteiger partial charge in [-0.2, -0.15) is 0 Å². The molecule has 0 aliphatic heterocycles. The average molecular weight is 273 g/mol. The van der Waals surface area contributed by atoms with Crippen LogP contribution in [0.15, 0.2) is 71.0 Å². The molecule has 2 nitrogen and oxygen atoms in total. The third-order valence-corrected chi connectivity index (χ3v) is 4.12. The van der Waals surface area contributed by atoms with Crippen molar-refractivity contribution in [3.63, 3.8) is 0 Å². The highest BCUT2D eigenvalue weighted by atomic mass is 32.2. The molecular formula is C16H16O2S. The van der Waals surface area contributed by atoms with Crippen LogP contribution >= 0.6 is 0 Å². The monoisotopic (exact) mass is 273 g/mol. The van der Waals surface area contributed by atoms with Gasteiger partial charge in [-0.25, -0.2) is 8.42 Å². The molecule has 2 rings (SSSR count). The maximum Gasteiger partial charge on any atom is 0.199 e. The first-order valence-corrected chi connectivity index (χ1v) is 7.51. The molecule has 0 aromatic heterocycles. The van der Waals surface area contributed by atoms with Crippen molar-refractivity contribution in [2.24, 2.45) is 0 Å². The van der Waals surface area contributed by atoms with Gasteiger partial charge < -0.3 is 0 Å². The molecule has 0 atom stereocenters. The first kappa shape index (κ1) is 12.2. The number of hydrogen-bond donors (Lipinski definition) is 0. The smallest absolute Gasteiger partial charge is 0.199 e. The Morgan fingerprint density at radius 1 is 1.05 bits per heavy atom. The summed E-state index contributed by atoms with van der Waals surface area (Å²) in [6.45, 7) is 1.89. The van der Waals surface area contributed by atoms with Gasteiger partial charge in [0.1, 0.15) is 0 Å². The van der Waals surface area contributed by atoms with E-state index < -0.39 is 9.84 Å². The third kappa shape index (κ3) is 3.80. The molecule has 19 heavy (non-hydrogen) atoms. The summed E-state index contributed by atoms with van der Waals surface area (Å²) in [5, 5.41) is -0.356. The Morgan fingerprint density at radius 3 is 2.32 bits per heavy atom. The molecule has 98 valence electrons. The van der Waals surface area contributed by atoms with Crippen molar-refractivity contribution in [1.29, 1.82) is 0 Å². The fraction of sp³-hybridized carbons (Fsp3) is 0.125. The van der Waals surface area contributed by atoms with Crippen molar-refractivity contribution in [3.8, 4) is 0 Å². The van der Waals surface area contributed by atoms with Crippen molar-refractivity contribution in [1.82, 2.24) is 0 Å². The summed E-state index contributed by atoms with van der Waals surface area (Å²) in [6, 6.07) is 16.0. The molecule has 0 aliphatic carbocycles. The van der Waals surface area contributed by atoms with Gasteiger partial charge in [-0.05, 0) is 31.0 Å². The molecular weight excluding hydrogens is 256 g/mol. The SMILES string of the molecule is [2H]/C(=C/Cc1ccccc1)S(=O)(=O)c1ccc(C)cc1. The Kier molecular flexibility index (Phi) is 3.75. The van der Waals surface area contributed by atoms with Gasteiger partial charge in [0.25, 0.3) is 0 Å². The first-order valence-electron chi connectivity index (χ1n) is 6.52. The van der Waals surface area contributed by atoms with E-state index in [1.807, 2.05) is 37.3 Å². The van der Waals surface area contributed by atoms with Gasteiger partial charge in [-0.15, -0.1) is 0 Å². The molecule has 0 spiro atoms. The highest BCUT2D eigenvalue weighted by Crippen LogP contribution is 2.13. The summed E-state index contributed by atoms with van der Waals surface area (Å²) in [5.41, 5.74) is 1.97. The standard InChI is InChI=1S/C16H16O2S/c1-14-9-11-16(12-10-14)19(17,18)13-5-8-15-6-3-2-4-7-15/h2-7,9-13H,8H2,1H3/b13-5-/i13D. The van der Waals surface area contributed by atoms with Crippen molar-refractivity contribution in [3.05, 3.63) is 77.2 Å². The highest BCUT2D eigenvalue weighted by Gasteiger charge is 2.08. The Bertz CT molecular complexity index is 702. The summed E-state index contributed by atoms with van der Waals surface area (Å²) in [6.07, 6.45) is 1.87. The van der Waals surface area contributed by atoms with E-state index in [4.69, 9.17) is 1.37 Å². The van der Waals surface area contributed by atoms with E-state index in [1.54, 1.807) is 12.1 Å². The second kappa shape index (κ2) is 5.85. The average Bonchev–Trinajstić information content (AvgIpc) is 2.46. The minimum atomic E-state index is -3.70. The summed E-state index contributed by atoms with van der Waals surface area (Å²) < 4.78 is 32.2. The van der Waals surface area contributed by atoms with E-state index >= 15 is 0 Å². The van der Waals surface area contributed by atoms with E-state index in [2.05, 4.69) is 0 Å². The van der Waals surface area contributed by atoms with Crippen LogP contribution in [0.3, 0.4) is 0 Å². The molecule has 0 N–H and O–H groups in total. The van der Waals surface area contributed by atoms with E-state index in [1.165, 1.54) is 18.2 Å². The van der Waals surface area contributed by atoms with Crippen LogP contribution in [-0.2, 0) is 16.3 Å². The van der Waals surface area contributed by atoms with Gasteiger partial charge >= 0.3 is 0 Å².